The molecule has 0 bridgehead atoms. The molecule has 3 saturated carbocycles. The van der Waals surface area contributed by atoms with Gasteiger partial charge < -0.3 is 10.2 Å². The summed E-state index contributed by atoms with van der Waals surface area (Å²) in [4.78, 5) is 35.1. The highest BCUT2D eigenvalue weighted by molar-refractivity contribution is 7.22. The van der Waals surface area contributed by atoms with E-state index in [0.717, 1.165) is 18.4 Å². The Kier molecular flexibility index (Phi) is 5.34. The molecule has 0 spiro atoms. The normalized spacial score (nSPS) is 41.4. The molecule has 3 fully saturated rings. The molecular formula is C27H30ClN3O4S. The lowest BCUT2D eigenvalue weighted by Crippen LogP contribution is -2.63. The van der Waals surface area contributed by atoms with Crippen molar-refractivity contribution in [1.82, 2.24) is 9.97 Å². The zero-order valence-corrected chi connectivity index (χ0v) is 22.1. The smallest absolute Gasteiger partial charge is 0.258 e. The molecule has 2 heterocycles. The summed E-state index contributed by atoms with van der Waals surface area (Å²) >= 11 is 7.21. The largest absolute Gasteiger partial charge is 0.393 e. The van der Waals surface area contributed by atoms with Crippen molar-refractivity contribution in [3.63, 3.8) is 0 Å². The zero-order chi connectivity index (χ0) is 25.6. The van der Waals surface area contributed by atoms with Crippen LogP contribution in [0.1, 0.15) is 46.5 Å². The SMILES string of the molecule is C[C@@H]1CC2C3CCC4=CC(=O)C=CC4(C)C3C(O)CC2(C)[C@@]1(O)C(=O)Nc1nc2ccc(Cl)nc2s1. The molecule has 0 saturated heterocycles. The second kappa shape index (κ2) is 7.93. The minimum absolute atomic E-state index is 0.00363. The first-order chi connectivity index (χ1) is 17.0. The number of hydrogen-bond acceptors (Lipinski definition) is 7. The van der Waals surface area contributed by atoms with Gasteiger partial charge in [-0.05, 0) is 67.7 Å². The Morgan fingerprint density at radius 2 is 2.06 bits per heavy atom. The van der Waals surface area contributed by atoms with Crippen molar-refractivity contribution in [1.29, 1.82) is 0 Å². The van der Waals surface area contributed by atoms with Gasteiger partial charge >= 0.3 is 0 Å². The summed E-state index contributed by atoms with van der Waals surface area (Å²) in [7, 11) is 0. The molecule has 6 unspecified atom stereocenters. The van der Waals surface area contributed by atoms with Gasteiger partial charge in [-0.1, -0.05) is 55.4 Å². The van der Waals surface area contributed by atoms with Gasteiger partial charge in [-0.3, -0.25) is 14.9 Å². The van der Waals surface area contributed by atoms with E-state index in [1.807, 2.05) is 19.9 Å². The van der Waals surface area contributed by atoms with Crippen LogP contribution in [0, 0.1) is 34.5 Å². The number of amides is 1. The molecule has 0 aliphatic heterocycles. The molecular weight excluding hydrogens is 498 g/mol. The van der Waals surface area contributed by atoms with Gasteiger partial charge in [0.1, 0.15) is 15.5 Å². The minimum Gasteiger partial charge on any atom is -0.393 e. The number of aromatic nitrogens is 2. The summed E-state index contributed by atoms with van der Waals surface area (Å²) in [6.07, 6.45) is 7.25. The Bertz CT molecular complexity index is 1360. The number of allylic oxidation sites excluding steroid dienone is 4. The number of aliphatic hydroxyl groups is 2. The lowest BCUT2D eigenvalue weighted by molar-refractivity contribution is -0.179. The van der Waals surface area contributed by atoms with Crippen LogP contribution in [0.2, 0.25) is 5.15 Å². The molecule has 0 aromatic carbocycles. The third kappa shape index (κ3) is 3.17. The number of aliphatic hydroxyl groups excluding tert-OH is 1. The number of thiazole rings is 1. The van der Waals surface area contributed by atoms with Crippen molar-refractivity contribution in [2.75, 3.05) is 5.32 Å². The lowest BCUT2D eigenvalue weighted by Gasteiger charge is -2.59. The van der Waals surface area contributed by atoms with Crippen molar-refractivity contribution in [2.24, 2.45) is 34.5 Å². The van der Waals surface area contributed by atoms with Crippen molar-refractivity contribution < 1.29 is 19.8 Å². The second-order valence-electron chi connectivity index (χ2n) is 11.5. The molecule has 1 amide bonds. The van der Waals surface area contributed by atoms with E-state index in [9.17, 15) is 19.8 Å². The summed E-state index contributed by atoms with van der Waals surface area (Å²) in [6.45, 7) is 6.02. The summed E-state index contributed by atoms with van der Waals surface area (Å²) in [6, 6.07) is 3.40. The van der Waals surface area contributed by atoms with Crippen LogP contribution in [-0.4, -0.2) is 43.6 Å². The number of carbonyl (C=O) groups is 2. The van der Waals surface area contributed by atoms with Crippen molar-refractivity contribution >= 4 is 50.1 Å². The Morgan fingerprint density at radius 3 is 2.83 bits per heavy atom. The number of hydrogen-bond donors (Lipinski definition) is 3. The Hall–Kier alpha value is -2.13. The first-order valence-electron chi connectivity index (χ1n) is 12.6. The van der Waals surface area contributed by atoms with Gasteiger partial charge in [0.25, 0.3) is 5.91 Å². The van der Waals surface area contributed by atoms with Crippen molar-refractivity contribution in [2.45, 2.75) is 58.2 Å². The number of halogens is 1. The van der Waals surface area contributed by atoms with Gasteiger partial charge in [-0.2, -0.15) is 0 Å². The van der Waals surface area contributed by atoms with E-state index in [1.165, 1.54) is 11.3 Å². The van der Waals surface area contributed by atoms with Crippen LogP contribution in [0.3, 0.4) is 0 Å². The van der Waals surface area contributed by atoms with Crippen LogP contribution in [0.15, 0.2) is 35.9 Å². The van der Waals surface area contributed by atoms with Crippen molar-refractivity contribution in [3.05, 3.63) is 41.1 Å². The molecule has 2 aromatic heterocycles. The fraction of sp³-hybridized carbons (Fsp3) is 0.556. The number of carbonyl (C=O) groups excluding carboxylic acids is 2. The summed E-state index contributed by atoms with van der Waals surface area (Å²) in [5.74, 6) is -0.634. The maximum Gasteiger partial charge on any atom is 0.258 e. The molecule has 36 heavy (non-hydrogen) atoms. The molecule has 8 atom stereocenters. The predicted molar refractivity (Wildman–Crippen MR) is 139 cm³/mol. The predicted octanol–water partition coefficient (Wildman–Crippen LogP) is 4.54. The van der Waals surface area contributed by atoms with Crippen LogP contribution in [0.25, 0.3) is 10.3 Å². The molecule has 190 valence electrons. The number of anilines is 1. The van der Waals surface area contributed by atoms with Crippen LogP contribution >= 0.6 is 22.9 Å². The van der Waals surface area contributed by atoms with Crippen molar-refractivity contribution in [3.8, 4) is 0 Å². The first kappa shape index (κ1) is 24.2. The topological polar surface area (TPSA) is 112 Å². The quantitative estimate of drug-likeness (QED) is 0.494. The summed E-state index contributed by atoms with van der Waals surface area (Å²) in [5.41, 5.74) is -1.14. The number of rotatable bonds is 2. The van der Waals surface area contributed by atoms with Gasteiger partial charge in [0, 0.05) is 16.7 Å². The Morgan fingerprint density at radius 1 is 1.28 bits per heavy atom. The maximum atomic E-state index is 13.8. The number of fused-ring (bicyclic) bond motifs is 6. The van der Waals surface area contributed by atoms with Gasteiger partial charge in [-0.25, -0.2) is 9.97 Å². The van der Waals surface area contributed by atoms with E-state index in [2.05, 4.69) is 22.2 Å². The van der Waals surface area contributed by atoms with E-state index >= 15 is 0 Å². The zero-order valence-electron chi connectivity index (χ0n) is 20.5. The fourth-order valence-corrected chi connectivity index (χ4v) is 9.21. The molecule has 6 rings (SSSR count). The second-order valence-corrected chi connectivity index (χ2v) is 12.9. The molecule has 2 aromatic rings. The minimum atomic E-state index is -1.66. The first-order valence-corrected chi connectivity index (χ1v) is 13.8. The third-order valence-electron chi connectivity index (χ3n) is 9.87. The maximum absolute atomic E-state index is 13.8. The average molecular weight is 528 g/mol. The Balaban J connectivity index is 1.33. The van der Waals surface area contributed by atoms with Gasteiger partial charge in [0.15, 0.2) is 16.5 Å². The van der Waals surface area contributed by atoms with Crippen LogP contribution < -0.4 is 5.32 Å². The van der Waals surface area contributed by atoms with Crippen LogP contribution in [0.5, 0.6) is 0 Å². The van der Waals surface area contributed by atoms with Crippen LogP contribution in [0.4, 0.5) is 5.13 Å². The van der Waals surface area contributed by atoms with Crippen LogP contribution in [-0.2, 0) is 9.59 Å². The molecule has 4 aliphatic carbocycles. The monoisotopic (exact) mass is 527 g/mol. The number of nitrogens with one attached hydrogen (secondary N) is 1. The van der Waals surface area contributed by atoms with E-state index in [0.29, 0.717) is 33.5 Å². The van der Waals surface area contributed by atoms with E-state index < -0.39 is 23.0 Å². The summed E-state index contributed by atoms with van der Waals surface area (Å²) in [5, 5.41) is 27.3. The highest BCUT2D eigenvalue weighted by Gasteiger charge is 2.70. The van der Waals surface area contributed by atoms with Gasteiger partial charge in [0.05, 0.1) is 6.10 Å². The van der Waals surface area contributed by atoms with Gasteiger partial charge in [0.2, 0.25) is 0 Å². The highest BCUT2D eigenvalue weighted by Crippen LogP contribution is 2.68. The molecule has 9 heteroatoms. The van der Waals surface area contributed by atoms with E-state index in [4.69, 9.17) is 11.6 Å². The highest BCUT2D eigenvalue weighted by atomic mass is 35.5. The molecule has 3 N–H and O–H groups in total. The number of pyridine rings is 1. The fourth-order valence-electron chi connectivity index (χ4n) is 8.18. The number of nitrogens with zero attached hydrogens (tertiary/aromatic N) is 2. The average Bonchev–Trinajstić information content (AvgIpc) is 3.30. The molecule has 7 nitrogen and oxygen atoms in total. The number of ketones is 1. The van der Waals surface area contributed by atoms with E-state index in [-0.39, 0.29) is 34.9 Å². The Labute approximate surface area is 218 Å². The van der Waals surface area contributed by atoms with E-state index in [1.54, 1.807) is 24.3 Å². The molecule has 0 radical (unpaired) electrons. The summed E-state index contributed by atoms with van der Waals surface area (Å²) < 4.78 is 0. The van der Waals surface area contributed by atoms with Gasteiger partial charge in [-0.15, -0.1) is 0 Å². The standard InChI is InChI=1S/C27H30ClN3O4S/c1-13-10-17-16-5-4-14-11-15(32)8-9-25(14,2)21(16)19(33)12-26(17,3)27(13,35)23(34)31-24-29-18-6-7-20(28)30-22(18)36-24/h6-9,11,13,16-17,19,21,33,35H,4-5,10,12H2,1-3H3,(H,29,31,34)/t13-,16?,17?,19?,21?,25?,26?,27+/m1/s1. The molecule has 4 aliphatic rings. The third-order valence-corrected chi connectivity index (χ3v) is 11.0. The lowest BCUT2D eigenvalue weighted by atomic mass is 9.46.